The van der Waals surface area contributed by atoms with Crippen molar-refractivity contribution in [1.29, 1.82) is 0 Å². The third-order valence-corrected chi connectivity index (χ3v) is 3.34. The van der Waals surface area contributed by atoms with Crippen molar-refractivity contribution < 1.29 is 15.0 Å². The second kappa shape index (κ2) is 6.10. The van der Waals surface area contributed by atoms with Crippen LogP contribution in [-0.2, 0) is 0 Å². The molecule has 2 aromatic carbocycles. The van der Waals surface area contributed by atoms with Crippen molar-refractivity contribution in [3.63, 3.8) is 0 Å². The van der Waals surface area contributed by atoms with E-state index in [-0.39, 0.29) is 28.8 Å². The van der Waals surface area contributed by atoms with E-state index >= 15 is 0 Å². The van der Waals surface area contributed by atoms with Gasteiger partial charge in [0.2, 0.25) is 0 Å². The number of benzene rings is 2. The van der Waals surface area contributed by atoms with Gasteiger partial charge in [-0.05, 0) is 11.5 Å². The quantitative estimate of drug-likeness (QED) is 0.483. The summed E-state index contributed by atoms with van der Waals surface area (Å²) >= 11 is 0. The number of imidazole rings is 1. The highest BCUT2D eigenvalue weighted by atomic mass is 16.4. The summed E-state index contributed by atoms with van der Waals surface area (Å²) in [6, 6.07) is 8.12. The van der Waals surface area contributed by atoms with Gasteiger partial charge in [-0.15, -0.1) is 5.11 Å². The lowest BCUT2D eigenvalue weighted by atomic mass is 10.0. The standard InChI is InChI=1S/C16H8N6O3/c1-17-13-14(18-2)20-16(19-13)22-21-11-9-6-4-3-5-8(9)7-10(12(11)23)15(24)25/h3-7,23H,(H,19,20)(H,24,25). The Bertz CT molecular complexity index is 1090. The predicted octanol–water partition coefficient (Wildman–Crippen LogP) is 4.48. The SMILES string of the molecule is [C-]#[N+]c1nc(N=Nc2c(O)c(C(=O)O)cc3ccccc23)[nH]c1[N+]#[C-]. The zero-order valence-corrected chi connectivity index (χ0v) is 12.4. The summed E-state index contributed by atoms with van der Waals surface area (Å²) in [6.45, 7) is 13.9. The normalized spacial score (nSPS) is 10.6. The molecule has 3 rings (SSSR count). The molecule has 120 valence electrons. The summed E-state index contributed by atoms with van der Waals surface area (Å²) in [5, 5.41) is 28.2. The van der Waals surface area contributed by atoms with Gasteiger partial charge in [0.25, 0.3) is 11.6 Å². The van der Waals surface area contributed by atoms with Gasteiger partial charge in [-0.1, -0.05) is 47.5 Å². The number of nitrogens with zero attached hydrogens (tertiary/aromatic N) is 5. The molecule has 0 saturated heterocycles. The van der Waals surface area contributed by atoms with E-state index < -0.39 is 11.7 Å². The number of aromatic hydroxyl groups is 1. The molecular weight excluding hydrogens is 324 g/mol. The first-order chi connectivity index (χ1) is 12.0. The van der Waals surface area contributed by atoms with Crippen LogP contribution in [0.25, 0.3) is 20.5 Å². The van der Waals surface area contributed by atoms with E-state index in [1.807, 2.05) is 0 Å². The minimum atomic E-state index is -1.30. The number of hydrogen-bond acceptors (Lipinski definition) is 5. The number of fused-ring (bicyclic) bond motifs is 1. The molecule has 0 aliphatic heterocycles. The van der Waals surface area contributed by atoms with Crippen LogP contribution in [0, 0.1) is 13.1 Å². The van der Waals surface area contributed by atoms with Crippen molar-refractivity contribution in [1.82, 2.24) is 9.97 Å². The number of nitrogens with one attached hydrogen (secondary N) is 1. The Morgan fingerprint density at radius 3 is 2.60 bits per heavy atom. The monoisotopic (exact) mass is 332 g/mol. The summed E-state index contributed by atoms with van der Waals surface area (Å²) in [5.41, 5.74) is -0.351. The Kier molecular flexibility index (Phi) is 3.82. The minimum absolute atomic E-state index is 0.0411. The fourth-order valence-electron chi connectivity index (χ4n) is 2.23. The van der Waals surface area contributed by atoms with Crippen LogP contribution in [0.15, 0.2) is 40.6 Å². The first kappa shape index (κ1) is 15.6. The van der Waals surface area contributed by atoms with E-state index in [1.54, 1.807) is 24.3 Å². The van der Waals surface area contributed by atoms with Crippen molar-refractivity contribution in [3.8, 4) is 5.75 Å². The van der Waals surface area contributed by atoms with Gasteiger partial charge in [0.1, 0.15) is 11.3 Å². The molecular formula is C16H8N6O3. The maximum Gasteiger partial charge on any atom is 0.414 e. The lowest BCUT2D eigenvalue weighted by molar-refractivity contribution is 0.0694. The molecule has 0 radical (unpaired) electrons. The topological polar surface area (TPSA) is 120 Å². The first-order valence-corrected chi connectivity index (χ1v) is 6.79. The fraction of sp³-hybridized carbons (Fsp3) is 0. The van der Waals surface area contributed by atoms with Gasteiger partial charge in [-0.3, -0.25) is 4.98 Å². The fourth-order valence-corrected chi connectivity index (χ4v) is 2.23. The highest BCUT2D eigenvalue weighted by Gasteiger charge is 2.18. The number of rotatable bonds is 3. The Balaban J connectivity index is 2.17. The van der Waals surface area contributed by atoms with Crippen molar-refractivity contribution in [2.24, 2.45) is 10.2 Å². The van der Waals surface area contributed by atoms with Crippen LogP contribution < -0.4 is 0 Å². The number of phenols is 1. The van der Waals surface area contributed by atoms with E-state index in [1.165, 1.54) is 6.07 Å². The second-order valence-electron chi connectivity index (χ2n) is 4.80. The molecule has 1 heterocycles. The van der Waals surface area contributed by atoms with Crippen LogP contribution in [0.5, 0.6) is 5.75 Å². The molecule has 3 aromatic rings. The van der Waals surface area contributed by atoms with Crippen molar-refractivity contribution in [3.05, 3.63) is 58.7 Å². The molecule has 0 aliphatic rings. The number of hydrogen-bond donors (Lipinski definition) is 3. The highest BCUT2D eigenvalue weighted by Crippen LogP contribution is 2.39. The Morgan fingerprint density at radius 2 is 1.96 bits per heavy atom. The van der Waals surface area contributed by atoms with Crippen LogP contribution >= 0.6 is 0 Å². The molecule has 1 aromatic heterocycles. The molecule has 0 fully saturated rings. The van der Waals surface area contributed by atoms with Crippen LogP contribution in [0.4, 0.5) is 23.3 Å². The van der Waals surface area contributed by atoms with Gasteiger partial charge in [0.05, 0.1) is 0 Å². The van der Waals surface area contributed by atoms with Gasteiger partial charge in [0, 0.05) is 5.39 Å². The van der Waals surface area contributed by atoms with Crippen LogP contribution in [-0.4, -0.2) is 26.2 Å². The summed E-state index contributed by atoms with van der Waals surface area (Å²) in [4.78, 5) is 23.8. The Morgan fingerprint density at radius 1 is 1.20 bits per heavy atom. The molecule has 0 atom stereocenters. The molecule has 0 saturated carbocycles. The van der Waals surface area contributed by atoms with Gasteiger partial charge >= 0.3 is 11.9 Å². The molecule has 0 unspecified atom stereocenters. The number of carboxylic acids is 1. The molecule has 0 aliphatic carbocycles. The third-order valence-electron chi connectivity index (χ3n) is 3.34. The lowest BCUT2D eigenvalue weighted by Crippen LogP contribution is -1.97. The summed E-state index contributed by atoms with van der Waals surface area (Å²) < 4.78 is 0. The molecule has 3 N–H and O–H groups in total. The number of aromatic carboxylic acids is 1. The predicted molar refractivity (Wildman–Crippen MR) is 87.9 cm³/mol. The second-order valence-corrected chi connectivity index (χ2v) is 4.80. The van der Waals surface area contributed by atoms with E-state index in [0.29, 0.717) is 10.8 Å². The molecule has 9 heteroatoms. The number of aromatic nitrogens is 2. The zero-order valence-electron chi connectivity index (χ0n) is 12.4. The molecule has 0 spiro atoms. The average Bonchev–Trinajstić information content (AvgIpc) is 3.02. The van der Waals surface area contributed by atoms with Crippen molar-refractivity contribution in [2.75, 3.05) is 0 Å². The number of carboxylic acid groups (broad SMARTS) is 1. The molecule has 25 heavy (non-hydrogen) atoms. The molecule has 9 nitrogen and oxygen atoms in total. The maximum atomic E-state index is 11.3. The smallest absolute Gasteiger partial charge is 0.414 e. The van der Waals surface area contributed by atoms with E-state index in [9.17, 15) is 15.0 Å². The van der Waals surface area contributed by atoms with Crippen molar-refractivity contribution in [2.45, 2.75) is 0 Å². The number of azo groups is 1. The molecule has 0 bridgehead atoms. The van der Waals surface area contributed by atoms with Crippen LogP contribution in [0.3, 0.4) is 0 Å². The third kappa shape index (κ3) is 2.73. The van der Waals surface area contributed by atoms with E-state index in [4.69, 9.17) is 13.1 Å². The lowest BCUT2D eigenvalue weighted by Gasteiger charge is -2.06. The van der Waals surface area contributed by atoms with Crippen molar-refractivity contribution >= 4 is 40.0 Å². The highest BCUT2D eigenvalue weighted by molar-refractivity contribution is 6.04. The number of carbonyl (C=O) groups is 1. The number of aromatic amines is 1. The van der Waals surface area contributed by atoms with E-state index in [0.717, 1.165) is 0 Å². The largest absolute Gasteiger partial charge is 0.505 e. The van der Waals surface area contributed by atoms with Gasteiger partial charge in [0.15, 0.2) is 5.75 Å². The summed E-state index contributed by atoms with van der Waals surface area (Å²) in [6.07, 6.45) is 0. The van der Waals surface area contributed by atoms with Gasteiger partial charge in [-0.25, -0.2) is 4.79 Å². The summed E-state index contributed by atoms with van der Waals surface area (Å²) in [5.74, 6) is -2.14. The Labute approximate surface area is 140 Å². The zero-order chi connectivity index (χ0) is 18.0. The van der Waals surface area contributed by atoms with Crippen LogP contribution in [0.1, 0.15) is 10.4 Å². The van der Waals surface area contributed by atoms with Gasteiger partial charge in [-0.2, -0.15) is 0 Å². The van der Waals surface area contributed by atoms with Gasteiger partial charge < -0.3 is 19.9 Å². The first-order valence-electron chi connectivity index (χ1n) is 6.79. The minimum Gasteiger partial charge on any atom is -0.505 e. The van der Waals surface area contributed by atoms with Crippen LogP contribution in [0.2, 0.25) is 0 Å². The van der Waals surface area contributed by atoms with E-state index in [2.05, 4.69) is 29.9 Å². The Hall–Kier alpha value is -4.24. The summed E-state index contributed by atoms with van der Waals surface area (Å²) in [7, 11) is 0. The number of H-pyrrole nitrogens is 1. The molecule has 0 amide bonds. The maximum absolute atomic E-state index is 11.3. The average molecular weight is 332 g/mol.